The van der Waals surface area contributed by atoms with Crippen LogP contribution in [0.15, 0.2) is 36.4 Å². The molecule has 0 aliphatic carbocycles. The maximum absolute atomic E-state index is 13.4. The number of sulfonamides is 1. The highest BCUT2D eigenvalue weighted by molar-refractivity contribution is 7.92. The van der Waals surface area contributed by atoms with Crippen molar-refractivity contribution in [3.63, 3.8) is 0 Å². The standard InChI is InChI=1S/C18H19FN2O3S/c1-12-5-6-14(11-16(12)20-25(2,23)24)18(22)21-9-3-4-13-10-15(19)7-8-17(13)21/h5-8,10-11,20H,3-4,9H2,1-2H3. The molecular formula is C18H19FN2O3S. The van der Waals surface area contributed by atoms with Gasteiger partial charge in [-0.15, -0.1) is 0 Å². The van der Waals surface area contributed by atoms with Gasteiger partial charge in [-0.05, 0) is 61.2 Å². The number of hydrogen-bond donors (Lipinski definition) is 1. The number of fused-ring (bicyclic) bond motifs is 1. The summed E-state index contributed by atoms with van der Waals surface area (Å²) < 4.78 is 38.8. The fraction of sp³-hybridized carbons (Fsp3) is 0.278. The topological polar surface area (TPSA) is 66.5 Å². The van der Waals surface area contributed by atoms with Crippen LogP contribution >= 0.6 is 0 Å². The molecule has 0 bridgehead atoms. The van der Waals surface area contributed by atoms with E-state index in [1.165, 1.54) is 18.2 Å². The van der Waals surface area contributed by atoms with Crippen molar-refractivity contribution in [3.8, 4) is 0 Å². The molecule has 0 saturated carbocycles. The predicted molar refractivity (Wildman–Crippen MR) is 96.0 cm³/mol. The molecule has 0 fully saturated rings. The summed E-state index contributed by atoms with van der Waals surface area (Å²) in [4.78, 5) is 14.5. The highest BCUT2D eigenvalue weighted by atomic mass is 32.2. The van der Waals surface area contributed by atoms with E-state index in [1.54, 1.807) is 30.0 Å². The Bertz CT molecular complexity index is 941. The van der Waals surface area contributed by atoms with Crippen LogP contribution in [0.3, 0.4) is 0 Å². The van der Waals surface area contributed by atoms with Gasteiger partial charge in [-0.25, -0.2) is 12.8 Å². The SMILES string of the molecule is Cc1ccc(C(=O)N2CCCc3cc(F)ccc32)cc1NS(C)(=O)=O. The second kappa shape index (κ2) is 6.48. The first-order valence-electron chi connectivity index (χ1n) is 7.93. The summed E-state index contributed by atoms with van der Waals surface area (Å²) in [6.07, 6.45) is 2.55. The van der Waals surface area contributed by atoms with Crippen molar-refractivity contribution in [1.82, 2.24) is 0 Å². The number of aryl methyl sites for hydroxylation is 2. The Morgan fingerprint density at radius 3 is 2.68 bits per heavy atom. The molecule has 2 aromatic carbocycles. The van der Waals surface area contributed by atoms with E-state index in [0.29, 0.717) is 23.5 Å². The molecule has 0 aromatic heterocycles. The molecule has 132 valence electrons. The van der Waals surface area contributed by atoms with Gasteiger partial charge in [0.2, 0.25) is 10.0 Å². The number of carbonyl (C=O) groups is 1. The molecule has 2 aromatic rings. The molecular weight excluding hydrogens is 343 g/mol. The van der Waals surface area contributed by atoms with Crippen molar-refractivity contribution < 1.29 is 17.6 Å². The van der Waals surface area contributed by atoms with Crippen molar-refractivity contribution in [2.45, 2.75) is 19.8 Å². The molecule has 0 atom stereocenters. The molecule has 1 aliphatic rings. The normalized spacial score (nSPS) is 14.1. The average Bonchev–Trinajstić information content (AvgIpc) is 2.54. The van der Waals surface area contributed by atoms with Gasteiger partial charge in [-0.3, -0.25) is 9.52 Å². The fourth-order valence-corrected chi connectivity index (χ4v) is 3.62. The molecule has 1 aliphatic heterocycles. The number of hydrogen-bond acceptors (Lipinski definition) is 3. The van der Waals surface area contributed by atoms with Crippen molar-refractivity contribution in [2.24, 2.45) is 0 Å². The smallest absolute Gasteiger partial charge is 0.258 e. The van der Waals surface area contributed by atoms with Crippen LogP contribution in [0, 0.1) is 12.7 Å². The fourth-order valence-electron chi connectivity index (χ4n) is 3.00. The van der Waals surface area contributed by atoms with Gasteiger partial charge in [0, 0.05) is 17.8 Å². The van der Waals surface area contributed by atoms with Crippen LogP contribution in [0.2, 0.25) is 0 Å². The van der Waals surface area contributed by atoms with E-state index in [1.807, 2.05) is 0 Å². The van der Waals surface area contributed by atoms with E-state index < -0.39 is 10.0 Å². The predicted octanol–water partition coefficient (Wildman–Crippen LogP) is 3.10. The zero-order chi connectivity index (χ0) is 18.2. The van der Waals surface area contributed by atoms with Gasteiger partial charge in [0.1, 0.15) is 5.82 Å². The van der Waals surface area contributed by atoms with Gasteiger partial charge in [-0.1, -0.05) is 6.07 Å². The number of rotatable bonds is 3. The van der Waals surface area contributed by atoms with Gasteiger partial charge >= 0.3 is 0 Å². The number of benzene rings is 2. The minimum atomic E-state index is -3.44. The van der Waals surface area contributed by atoms with E-state index in [9.17, 15) is 17.6 Å². The lowest BCUT2D eigenvalue weighted by Crippen LogP contribution is -2.35. The Kier molecular flexibility index (Phi) is 4.51. The highest BCUT2D eigenvalue weighted by Gasteiger charge is 2.24. The average molecular weight is 362 g/mol. The lowest BCUT2D eigenvalue weighted by atomic mass is 10.00. The maximum Gasteiger partial charge on any atom is 0.258 e. The number of amides is 1. The molecule has 0 spiro atoms. The van der Waals surface area contributed by atoms with E-state index >= 15 is 0 Å². The molecule has 3 rings (SSSR count). The Morgan fingerprint density at radius 1 is 1.20 bits per heavy atom. The van der Waals surface area contributed by atoms with Crippen LogP contribution in [0.5, 0.6) is 0 Å². The summed E-state index contributed by atoms with van der Waals surface area (Å²) in [5.74, 6) is -0.549. The molecule has 7 heteroatoms. The summed E-state index contributed by atoms with van der Waals surface area (Å²) in [6, 6.07) is 9.33. The molecule has 0 saturated heterocycles. The van der Waals surface area contributed by atoms with E-state index in [0.717, 1.165) is 30.2 Å². The molecule has 5 nitrogen and oxygen atoms in total. The van der Waals surface area contributed by atoms with Crippen LogP contribution in [0.4, 0.5) is 15.8 Å². The van der Waals surface area contributed by atoms with Crippen molar-refractivity contribution in [1.29, 1.82) is 0 Å². The number of nitrogens with one attached hydrogen (secondary N) is 1. The summed E-state index contributed by atoms with van der Waals surface area (Å²) in [5.41, 5.74) is 3.00. The van der Waals surface area contributed by atoms with Crippen LogP contribution in [-0.2, 0) is 16.4 Å². The van der Waals surface area contributed by atoms with E-state index in [-0.39, 0.29) is 11.7 Å². The largest absolute Gasteiger partial charge is 0.308 e. The Labute approximate surface area is 146 Å². The number of carbonyl (C=O) groups excluding carboxylic acids is 1. The molecule has 25 heavy (non-hydrogen) atoms. The van der Waals surface area contributed by atoms with E-state index in [2.05, 4.69) is 4.72 Å². The van der Waals surface area contributed by atoms with Crippen molar-refractivity contribution >= 4 is 27.3 Å². The first-order valence-corrected chi connectivity index (χ1v) is 9.82. The number of anilines is 2. The molecule has 1 N–H and O–H groups in total. The van der Waals surface area contributed by atoms with Crippen LogP contribution in [0.1, 0.15) is 27.9 Å². The van der Waals surface area contributed by atoms with Crippen LogP contribution in [0.25, 0.3) is 0 Å². The Balaban J connectivity index is 1.96. The second-order valence-corrected chi connectivity index (χ2v) is 7.99. The first kappa shape index (κ1) is 17.4. The number of nitrogens with zero attached hydrogens (tertiary/aromatic N) is 1. The summed E-state index contributed by atoms with van der Waals surface area (Å²) >= 11 is 0. The molecule has 0 unspecified atom stereocenters. The number of halogens is 1. The minimum absolute atomic E-state index is 0.232. The zero-order valence-corrected chi connectivity index (χ0v) is 14.9. The third-order valence-corrected chi connectivity index (χ3v) is 4.78. The maximum atomic E-state index is 13.4. The quantitative estimate of drug-likeness (QED) is 0.912. The van der Waals surface area contributed by atoms with Gasteiger partial charge in [0.25, 0.3) is 5.91 Å². The summed E-state index contributed by atoms with van der Waals surface area (Å²) in [6.45, 7) is 2.31. The van der Waals surface area contributed by atoms with Gasteiger partial charge in [0.05, 0.1) is 11.9 Å². The van der Waals surface area contributed by atoms with Crippen LogP contribution < -0.4 is 9.62 Å². The van der Waals surface area contributed by atoms with Crippen LogP contribution in [-0.4, -0.2) is 27.1 Å². The van der Waals surface area contributed by atoms with Gasteiger partial charge < -0.3 is 4.90 Å². The summed E-state index contributed by atoms with van der Waals surface area (Å²) in [7, 11) is -3.44. The lowest BCUT2D eigenvalue weighted by molar-refractivity contribution is 0.0985. The van der Waals surface area contributed by atoms with Crippen molar-refractivity contribution in [3.05, 3.63) is 58.9 Å². The monoisotopic (exact) mass is 362 g/mol. The highest BCUT2D eigenvalue weighted by Crippen LogP contribution is 2.30. The Hall–Kier alpha value is -2.41. The van der Waals surface area contributed by atoms with E-state index in [4.69, 9.17) is 0 Å². The van der Waals surface area contributed by atoms with Gasteiger partial charge in [-0.2, -0.15) is 0 Å². The lowest BCUT2D eigenvalue weighted by Gasteiger charge is -2.29. The third kappa shape index (κ3) is 3.82. The second-order valence-electron chi connectivity index (χ2n) is 6.24. The van der Waals surface area contributed by atoms with Crippen molar-refractivity contribution in [2.75, 3.05) is 22.4 Å². The molecule has 1 heterocycles. The summed E-state index contributed by atoms with van der Waals surface area (Å²) in [5, 5.41) is 0. The van der Waals surface area contributed by atoms with Gasteiger partial charge in [0.15, 0.2) is 0 Å². The molecule has 0 radical (unpaired) electrons. The minimum Gasteiger partial charge on any atom is -0.308 e. The molecule has 1 amide bonds. The Morgan fingerprint density at radius 2 is 1.96 bits per heavy atom. The zero-order valence-electron chi connectivity index (χ0n) is 14.0. The third-order valence-electron chi connectivity index (χ3n) is 4.19. The first-order chi connectivity index (χ1) is 11.7.